The molecule has 1 unspecified atom stereocenters. The lowest BCUT2D eigenvalue weighted by Crippen LogP contribution is -2.29. The van der Waals surface area contributed by atoms with Crippen LogP contribution in [0.1, 0.15) is 37.0 Å². The van der Waals surface area contributed by atoms with E-state index in [4.69, 9.17) is 0 Å². The molecular weight excluding hydrogens is 291 g/mol. The van der Waals surface area contributed by atoms with E-state index in [9.17, 15) is 13.2 Å². The highest BCUT2D eigenvalue weighted by Crippen LogP contribution is 2.38. The average Bonchev–Trinajstić information content (AvgIpc) is 3.00. The van der Waals surface area contributed by atoms with Gasteiger partial charge in [-0.25, -0.2) is 0 Å². The van der Waals surface area contributed by atoms with Crippen LogP contribution in [0.15, 0.2) is 0 Å². The Balaban J connectivity index is 2.06. The first-order valence-corrected chi connectivity index (χ1v) is 7.28. The minimum absolute atomic E-state index is 0.164. The van der Waals surface area contributed by atoms with E-state index in [1.54, 1.807) is 0 Å². The summed E-state index contributed by atoms with van der Waals surface area (Å²) >= 11 is 1.21. The summed E-state index contributed by atoms with van der Waals surface area (Å²) in [6, 6.07) is 0. The van der Waals surface area contributed by atoms with E-state index >= 15 is 0 Å². The van der Waals surface area contributed by atoms with Gasteiger partial charge in [-0.1, -0.05) is 24.7 Å². The summed E-state index contributed by atoms with van der Waals surface area (Å²) in [6.07, 6.45) is -1.76. The number of nitrogens with one attached hydrogen (secondary N) is 1. The lowest BCUT2D eigenvalue weighted by molar-refractivity contribution is -0.146. The maximum atomic E-state index is 12.8. The van der Waals surface area contributed by atoms with Crippen molar-refractivity contribution in [1.82, 2.24) is 25.1 Å². The standard InChI is InChI=1S/C11H14F3N5S/c1-2-3-10(4-5-15-6-10)8-18-19-7(11(12,13)14)16-17-9(19)20-8/h15H,2-6H2,1H3. The zero-order valence-corrected chi connectivity index (χ0v) is 11.7. The largest absolute Gasteiger partial charge is 0.453 e. The third kappa shape index (κ3) is 2.08. The molecular formula is C11H14F3N5S. The van der Waals surface area contributed by atoms with Crippen molar-refractivity contribution in [1.29, 1.82) is 0 Å². The van der Waals surface area contributed by atoms with Gasteiger partial charge in [-0.15, -0.1) is 10.2 Å². The predicted octanol–water partition coefficient (Wildman–Crippen LogP) is 2.24. The molecule has 1 saturated heterocycles. The second-order valence-corrected chi connectivity index (χ2v) is 6.04. The summed E-state index contributed by atoms with van der Waals surface area (Å²) < 4.78 is 39.3. The van der Waals surface area contributed by atoms with E-state index < -0.39 is 12.0 Å². The number of rotatable bonds is 3. The highest BCUT2D eigenvalue weighted by Gasteiger charge is 2.41. The van der Waals surface area contributed by atoms with Crippen LogP contribution in [0.3, 0.4) is 0 Å². The normalized spacial score (nSPS) is 23.8. The monoisotopic (exact) mass is 305 g/mol. The maximum absolute atomic E-state index is 12.8. The first-order chi connectivity index (χ1) is 9.46. The smallest absolute Gasteiger partial charge is 0.316 e. The van der Waals surface area contributed by atoms with Crippen molar-refractivity contribution in [2.75, 3.05) is 13.1 Å². The summed E-state index contributed by atoms with van der Waals surface area (Å²) in [5.74, 6) is -1.05. The topological polar surface area (TPSA) is 55.1 Å². The molecule has 1 aliphatic heterocycles. The van der Waals surface area contributed by atoms with Crippen molar-refractivity contribution in [2.45, 2.75) is 37.8 Å². The molecule has 1 atom stereocenters. The van der Waals surface area contributed by atoms with Crippen molar-refractivity contribution in [3.63, 3.8) is 0 Å². The fraction of sp³-hybridized carbons (Fsp3) is 0.727. The molecule has 110 valence electrons. The molecule has 0 amide bonds. The fourth-order valence-electron chi connectivity index (χ4n) is 2.73. The molecule has 3 rings (SSSR count). The summed E-state index contributed by atoms with van der Waals surface area (Å²) in [7, 11) is 0. The summed E-state index contributed by atoms with van der Waals surface area (Å²) in [6.45, 7) is 3.69. The highest BCUT2D eigenvalue weighted by molar-refractivity contribution is 7.16. The minimum Gasteiger partial charge on any atom is -0.316 e. The number of hydrogen-bond donors (Lipinski definition) is 1. The van der Waals surface area contributed by atoms with Gasteiger partial charge in [-0.2, -0.15) is 22.8 Å². The molecule has 2 aromatic heterocycles. The van der Waals surface area contributed by atoms with Gasteiger partial charge >= 0.3 is 6.18 Å². The Kier molecular flexibility index (Phi) is 3.20. The molecule has 2 aromatic rings. The Hall–Kier alpha value is -1.22. The van der Waals surface area contributed by atoms with Gasteiger partial charge in [0.2, 0.25) is 4.96 Å². The molecule has 3 heterocycles. The molecule has 1 fully saturated rings. The molecule has 0 bridgehead atoms. The number of aromatic nitrogens is 4. The highest BCUT2D eigenvalue weighted by atomic mass is 32.1. The summed E-state index contributed by atoms with van der Waals surface area (Å²) in [5, 5.41) is 14.9. The van der Waals surface area contributed by atoms with Crippen molar-refractivity contribution in [3.05, 3.63) is 10.8 Å². The van der Waals surface area contributed by atoms with Crippen LogP contribution in [0.2, 0.25) is 0 Å². The zero-order valence-electron chi connectivity index (χ0n) is 10.9. The van der Waals surface area contributed by atoms with E-state index in [0.717, 1.165) is 41.9 Å². The third-order valence-electron chi connectivity index (χ3n) is 3.67. The predicted molar refractivity (Wildman–Crippen MR) is 67.7 cm³/mol. The second-order valence-electron chi connectivity index (χ2n) is 5.08. The van der Waals surface area contributed by atoms with E-state index in [1.165, 1.54) is 11.3 Å². The molecule has 0 saturated carbocycles. The van der Waals surface area contributed by atoms with Gasteiger partial charge < -0.3 is 5.32 Å². The van der Waals surface area contributed by atoms with E-state index in [1.807, 2.05) is 0 Å². The van der Waals surface area contributed by atoms with Gasteiger partial charge in [0.25, 0.3) is 5.82 Å². The van der Waals surface area contributed by atoms with Crippen LogP contribution in [-0.2, 0) is 11.6 Å². The molecule has 5 nitrogen and oxygen atoms in total. The van der Waals surface area contributed by atoms with Crippen molar-refractivity contribution < 1.29 is 13.2 Å². The number of fused-ring (bicyclic) bond motifs is 1. The van der Waals surface area contributed by atoms with Gasteiger partial charge in [0, 0.05) is 12.0 Å². The van der Waals surface area contributed by atoms with Gasteiger partial charge in [0.05, 0.1) is 0 Å². The van der Waals surface area contributed by atoms with Crippen LogP contribution in [0, 0.1) is 0 Å². The summed E-state index contributed by atoms with van der Waals surface area (Å²) in [4.78, 5) is 0.203. The zero-order chi connectivity index (χ0) is 14.4. The Morgan fingerprint density at radius 3 is 2.80 bits per heavy atom. The lowest BCUT2D eigenvalue weighted by Gasteiger charge is -2.24. The van der Waals surface area contributed by atoms with Crippen molar-refractivity contribution >= 4 is 16.3 Å². The Labute approximate surface area is 117 Å². The van der Waals surface area contributed by atoms with E-state index in [0.29, 0.717) is 0 Å². The molecule has 0 radical (unpaired) electrons. The Bertz CT molecular complexity index is 611. The number of hydrogen-bond acceptors (Lipinski definition) is 5. The SMILES string of the molecule is CCCC1(c2nn3c(C(F)(F)F)nnc3s2)CCNC1. The molecule has 20 heavy (non-hydrogen) atoms. The molecule has 0 aromatic carbocycles. The van der Waals surface area contributed by atoms with Crippen molar-refractivity contribution in [3.8, 4) is 0 Å². The van der Waals surface area contributed by atoms with Crippen LogP contribution in [-0.4, -0.2) is 32.9 Å². The van der Waals surface area contributed by atoms with E-state index in [2.05, 4.69) is 27.5 Å². The van der Waals surface area contributed by atoms with Gasteiger partial charge in [0.15, 0.2) is 0 Å². The number of halogens is 3. The quantitative estimate of drug-likeness (QED) is 0.945. The van der Waals surface area contributed by atoms with Crippen LogP contribution < -0.4 is 5.32 Å². The lowest BCUT2D eigenvalue weighted by atomic mass is 9.83. The summed E-state index contributed by atoms with van der Waals surface area (Å²) in [5.41, 5.74) is -0.164. The number of nitrogens with zero attached hydrogens (tertiary/aromatic N) is 4. The Morgan fingerprint density at radius 1 is 1.40 bits per heavy atom. The van der Waals surface area contributed by atoms with Crippen LogP contribution >= 0.6 is 11.3 Å². The van der Waals surface area contributed by atoms with Crippen LogP contribution in [0.4, 0.5) is 13.2 Å². The first kappa shape index (κ1) is 13.7. The van der Waals surface area contributed by atoms with Gasteiger partial charge in [-0.05, 0) is 19.4 Å². The third-order valence-corrected chi connectivity index (χ3v) is 4.82. The van der Waals surface area contributed by atoms with Gasteiger partial charge in [0.1, 0.15) is 5.01 Å². The first-order valence-electron chi connectivity index (χ1n) is 6.47. The molecule has 0 aliphatic carbocycles. The second kappa shape index (κ2) is 4.66. The maximum Gasteiger partial charge on any atom is 0.453 e. The van der Waals surface area contributed by atoms with Crippen LogP contribution in [0.5, 0.6) is 0 Å². The van der Waals surface area contributed by atoms with Gasteiger partial charge in [-0.3, -0.25) is 0 Å². The van der Waals surface area contributed by atoms with Crippen molar-refractivity contribution in [2.24, 2.45) is 0 Å². The average molecular weight is 305 g/mol. The van der Waals surface area contributed by atoms with E-state index in [-0.39, 0.29) is 10.4 Å². The molecule has 1 N–H and O–H groups in total. The molecule has 1 aliphatic rings. The molecule has 0 spiro atoms. The van der Waals surface area contributed by atoms with Crippen LogP contribution in [0.25, 0.3) is 4.96 Å². The fourth-order valence-corrected chi connectivity index (χ4v) is 3.82. The number of alkyl halides is 3. The Morgan fingerprint density at radius 2 is 2.20 bits per heavy atom. The minimum atomic E-state index is -4.53. The molecule has 9 heteroatoms.